The van der Waals surface area contributed by atoms with E-state index in [0.717, 1.165) is 9.35 Å². The minimum atomic E-state index is -1.58. The molecule has 0 fully saturated rings. The predicted molar refractivity (Wildman–Crippen MR) is 69.5 cm³/mol. The van der Waals surface area contributed by atoms with Crippen molar-refractivity contribution in [3.05, 3.63) is 55.9 Å². The Labute approximate surface area is 119 Å². The van der Waals surface area contributed by atoms with Gasteiger partial charge in [-0.1, -0.05) is 0 Å². The normalized spacial score (nSPS) is 10.5. The Morgan fingerprint density at radius 2 is 1.84 bits per heavy atom. The van der Waals surface area contributed by atoms with Gasteiger partial charge in [-0.2, -0.15) is 0 Å². The van der Waals surface area contributed by atoms with E-state index in [9.17, 15) is 18.0 Å². The first-order chi connectivity index (χ1) is 8.97. The molecule has 1 amide bonds. The first-order valence-corrected chi connectivity index (χ1v) is 6.80. The largest absolute Gasteiger partial charge is 0.347 e. The molecule has 2 rings (SSSR count). The molecule has 0 spiro atoms. The summed E-state index contributed by atoms with van der Waals surface area (Å²) in [5.74, 6) is -5.02. The van der Waals surface area contributed by atoms with Crippen LogP contribution in [0.5, 0.6) is 0 Å². The molecule has 0 aliphatic rings. The minimum Gasteiger partial charge on any atom is -0.347 e. The van der Waals surface area contributed by atoms with E-state index in [1.54, 1.807) is 0 Å². The van der Waals surface area contributed by atoms with Crippen molar-refractivity contribution in [2.75, 3.05) is 0 Å². The highest BCUT2D eigenvalue weighted by Crippen LogP contribution is 2.19. The van der Waals surface area contributed by atoms with E-state index >= 15 is 0 Å². The number of halogens is 4. The fourth-order valence-corrected chi connectivity index (χ4v) is 2.79. The fraction of sp³-hybridized carbons (Fsp3) is 0.0833. The van der Waals surface area contributed by atoms with Gasteiger partial charge in [0.25, 0.3) is 5.91 Å². The molecule has 0 unspecified atom stereocenters. The van der Waals surface area contributed by atoms with E-state index in [0.29, 0.717) is 12.1 Å². The molecule has 0 aliphatic heterocycles. The van der Waals surface area contributed by atoms with Crippen LogP contribution in [-0.2, 0) is 6.54 Å². The van der Waals surface area contributed by atoms with Crippen LogP contribution in [0, 0.1) is 17.5 Å². The lowest BCUT2D eigenvalue weighted by atomic mass is 10.2. The highest BCUT2D eigenvalue weighted by Gasteiger charge is 2.14. The molecule has 1 aromatic heterocycles. The molecule has 100 valence electrons. The van der Waals surface area contributed by atoms with Gasteiger partial charge < -0.3 is 5.32 Å². The molecule has 1 heterocycles. The van der Waals surface area contributed by atoms with Gasteiger partial charge in [0.15, 0.2) is 17.5 Å². The molecule has 2 aromatic rings. The van der Waals surface area contributed by atoms with Crippen LogP contribution >= 0.6 is 27.3 Å². The lowest BCUT2D eigenvalue weighted by molar-refractivity contribution is 0.0950. The van der Waals surface area contributed by atoms with Gasteiger partial charge in [-0.25, -0.2) is 13.2 Å². The molecule has 2 nitrogen and oxygen atoms in total. The molecule has 0 radical (unpaired) electrons. The number of carbonyl (C=O) groups is 1. The van der Waals surface area contributed by atoms with Gasteiger partial charge in [0.2, 0.25) is 0 Å². The Hall–Kier alpha value is -1.34. The number of hydrogen-bond donors (Lipinski definition) is 1. The summed E-state index contributed by atoms with van der Waals surface area (Å²) in [4.78, 5) is 12.5. The SMILES string of the molecule is O=C(NCc1cc(Br)cs1)c1cc(F)c(F)c(F)c1. The minimum absolute atomic E-state index is 0.232. The summed E-state index contributed by atoms with van der Waals surface area (Å²) in [7, 11) is 0. The zero-order valence-electron chi connectivity index (χ0n) is 9.34. The lowest BCUT2D eigenvalue weighted by Gasteiger charge is -2.04. The van der Waals surface area contributed by atoms with Gasteiger partial charge in [-0.15, -0.1) is 11.3 Å². The zero-order valence-corrected chi connectivity index (χ0v) is 11.7. The standard InChI is InChI=1S/C12H7BrF3NOS/c13-7-3-8(19-5-7)4-17-12(18)6-1-9(14)11(16)10(15)2-6/h1-3,5H,4H2,(H,17,18). The zero-order chi connectivity index (χ0) is 14.0. The Balaban J connectivity index is 2.08. The van der Waals surface area contributed by atoms with Gasteiger partial charge in [0.05, 0.1) is 6.54 Å². The van der Waals surface area contributed by atoms with Crippen LogP contribution in [-0.4, -0.2) is 5.91 Å². The Morgan fingerprint density at radius 1 is 1.21 bits per heavy atom. The highest BCUT2D eigenvalue weighted by molar-refractivity contribution is 9.10. The molecule has 1 aromatic carbocycles. The van der Waals surface area contributed by atoms with Crippen molar-refractivity contribution in [3.8, 4) is 0 Å². The molecule has 0 atom stereocenters. The quantitative estimate of drug-likeness (QED) is 0.837. The topological polar surface area (TPSA) is 29.1 Å². The third kappa shape index (κ3) is 3.36. The first-order valence-electron chi connectivity index (χ1n) is 5.13. The van der Waals surface area contributed by atoms with Gasteiger partial charge in [0.1, 0.15) is 0 Å². The summed E-state index contributed by atoms with van der Waals surface area (Å²) < 4.78 is 39.6. The maximum Gasteiger partial charge on any atom is 0.251 e. The number of amides is 1. The van der Waals surface area contributed by atoms with E-state index in [-0.39, 0.29) is 12.1 Å². The second-order valence-corrected chi connectivity index (χ2v) is 5.58. The molecule has 0 saturated carbocycles. The van der Waals surface area contributed by atoms with Gasteiger partial charge >= 0.3 is 0 Å². The van der Waals surface area contributed by atoms with Crippen LogP contribution in [0.2, 0.25) is 0 Å². The Kier molecular flexibility index (Phi) is 4.26. The number of benzene rings is 1. The van der Waals surface area contributed by atoms with Crippen molar-refractivity contribution in [2.24, 2.45) is 0 Å². The molecule has 0 aliphatic carbocycles. The number of nitrogens with one attached hydrogen (secondary N) is 1. The van der Waals surface area contributed by atoms with Crippen LogP contribution in [0.3, 0.4) is 0 Å². The van der Waals surface area contributed by atoms with Crippen LogP contribution in [0.25, 0.3) is 0 Å². The van der Waals surface area contributed by atoms with E-state index in [1.807, 2.05) is 11.4 Å². The van der Waals surface area contributed by atoms with Crippen LogP contribution in [0.15, 0.2) is 28.1 Å². The predicted octanol–water partition coefficient (Wildman–Crippen LogP) is 3.86. The Bertz CT molecular complexity index is 606. The summed E-state index contributed by atoms with van der Waals surface area (Å²) in [5.41, 5.74) is -0.257. The number of thiophene rings is 1. The fourth-order valence-electron chi connectivity index (χ4n) is 1.40. The second kappa shape index (κ2) is 5.75. The van der Waals surface area contributed by atoms with Crippen LogP contribution < -0.4 is 5.32 Å². The summed E-state index contributed by atoms with van der Waals surface area (Å²) in [6, 6.07) is 3.15. The first kappa shape index (κ1) is 14.1. The van der Waals surface area contributed by atoms with Gasteiger partial charge in [0, 0.05) is 20.3 Å². The Morgan fingerprint density at radius 3 is 2.37 bits per heavy atom. The molecule has 1 N–H and O–H groups in total. The summed E-state index contributed by atoms with van der Waals surface area (Å²) in [6.07, 6.45) is 0. The average molecular weight is 350 g/mol. The molecule has 0 saturated heterocycles. The average Bonchev–Trinajstić information content (AvgIpc) is 2.78. The summed E-state index contributed by atoms with van der Waals surface area (Å²) >= 11 is 4.69. The molecule has 0 bridgehead atoms. The third-order valence-corrected chi connectivity index (χ3v) is 3.99. The van der Waals surface area contributed by atoms with E-state index in [1.165, 1.54) is 11.3 Å². The van der Waals surface area contributed by atoms with E-state index in [4.69, 9.17) is 0 Å². The number of hydrogen-bond acceptors (Lipinski definition) is 2. The maximum absolute atomic E-state index is 13.0. The maximum atomic E-state index is 13.0. The lowest BCUT2D eigenvalue weighted by Crippen LogP contribution is -2.22. The summed E-state index contributed by atoms with van der Waals surface area (Å²) in [5, 5.41) is 4.34. The van der Waals surface area contributed by atoms with E-state index in [2.05, 4.69) is 21.2 Å². The summed E-state index contributed by atoms with van der Waals surface area (Å²) in [6.45, 7) is 0.232. The van der Waals surface area contributed by atoms with Crippen molar-refractivity contribution in [3.63, 3.8) is 0 Å². The van der Waals surface area contributed by atoms with Crippen molar-refractivity contribution >= 4 is 33.2 Å². The van der Waals surface area contributed by atoms with E-state index < -0.39 is 23.4 Å². The van der Waals surface area contributed by atoms with Crippen LogP contribution in [0.1, 0.15) is 15.2 Å². The molecular formula is C12H7BrF3NOS. The van der Waals surface area contributed by atoms with Gasteiger partial charge in [-0.3, -0.25) is 4.79 Å². The van der Waals surface area contributed by atoms with Crippen molar-refractivity contribution in [2.45, 2.75) is 6.54 Å². The highest BCUT2D eigenvalue weighted by atomic mass is 79.9. The third-order valence-electron chi connectivity index (χ3n) is 2.29. The number of rotatable bonds is 3. The molecule has 19 heavy (non-hydrogen) atoms. The monoisotopic (exact) mass is 349 g/mol. The second-order valence-electron chi connectivity index (χ2n) is 3.67. The molecule has 7 heteroatoms. The number of carbonyl (C=O) groups excluding carboxylic acids is 1. The van der Waals surface area contributed by atoms with Crippen molar-refractivity contribution in [1.82, 2.24) is 5.32 Å². The van der Waals surface area contributed by atoms with Crippen molar-refractivity contribution in [1.29, 1.82) is 0 Å². The van der Waals surface area contributed by atoms with Crippen molar-refractivity contribution < 1.29 is 18.0 Å². The smallest absolute Gasteiger partial charge is 0.251 e. The van der Waals surface area contributed by atoms with Crippen LogP contribution in [0.4, 0.5) is 13.2 Å². The molecular weight excluding hydrogens is 343 g/mol. The van der Waals surface area contributed by atoms with Gasteiger partial charge in [-0.05, 0) is 34.1 Å².